The van der Waals surface area contributed by atoms with Gasteiger partial charge in [0, 0.05) is 0 Å². The lowest BCUT2D eigenvalue weighted by molar-refractivity contribution is 0.00578. The molecule has 2 aliphatic rings. The van der Waals surface area contributed by atoms with Crippen molar-refractivity contribution in [3.05, 3.63) is 35.9 Å². The van der Waals surface area contributed by atoms with Crippen molar-refractivity contribution < 1.29 is 13.7 Å². The van der Waals surface area contributed by atoms with Crippen molar-refractivity contribution in [3.63, 3.8) is 0 Å². The van der Waals surface area contributed by atoms with E-state index in [2.05, 4.69) is 24.3 Å². The van der Waals surface area contributed by atoms with Crippen LogP contribution < -0.4 is 0 Å². The summed E-state index contributed by atoms with van der Waals surface area (Å²) in [6, 6.07) is 10.6. The molecule has 1 aliphatic heterocycles. The lowest BCUT2D eigenvalue weighted by Crippen LogP contribution is -2.41. The highest BCUT2D eigenvalue weighted by Crippen LogP contribution is 2.43. The minimum Gasteiger partial charge on any atom is -0.401 e. The molecule has 0 N–H and O–H groups in total. The van der Waals surface area contributed by atoms with Gasteiger partial charge in [0.15, 0.2) is 0 Å². The van der Waals surface area contributed by atoms with Crippen LogP contribution in [-0.4, -0.2) is 24.4 Å². The van der Waals surface area contributed by atoms with E-state index in [1.807, 2.05) is 33.8 Å². The first-order valence-electron chi connectivity index (χ1n) is 8.85. The van der Waals surface area contributed by atoms with Gasteiger partial charge in [0.2, 0.25) is 0 Å². The van der Waals surface area contributed by atoms with Gasteiger partial charge in [-0.1, -0.05) is 30.3 Å². The van der Waals surface area contributed by atoms with Crippen LogP contribution in [0.2, 0.25) is 0 Å². The molecule has 0 spiro atoms. The van der Waals surface area contributed by atoms with Crippen LogP contribution in [0.4, 0.5) is 4.39 Å². The van der Waals surface area contributed by atoms with Crippen molar-refractivity contribution in [1.29, 1.82) is 0 Å². The third-order valence-corrected chi connectivity index (χ3v) is 6.02. The Morgan fingerprint density at radius 2 is 1.48 bits per heavy atom. The van der Waals surface area contributed by atoms with Gasteiger partial charge < -0.3 is 9.31 Å². The van der Waals surface area contributed by atoms with Crippen molar-refractivity contribution in [2.75, 3.05) is 0 Å². The summed E-state index contributed by atoms with van der Waals surface area (Å²) >= 11 is 0. The van der Waals surface area contributed by atoms with Crippen LogP contribution in [0.5, 0.6) is 0 Å². The van der Waals surface area contributed by atoms with Crippen molar-refractivity contribution >= 4 is 7.12 Å². The number of hydrogen-bond acceptors (Lipinski definition) is 2. The molecular formula is C19H28BFO2. The van der Waals surface area contributed by atoms with E-state index in [0.29, 0.717) is 5.92 Å². The average molecular weight is 318 g/mol. The summed E-state index contributed by atoms with van der Waals surface area (Å²) in [5.74, 6) is 0.614. The van der Waals surface area contributed by atoms with E-state index in [4.69, 9.17) is 9.31 Å². The molecule has 3 rings (SSSR count). The molecule has 1 atom stereocenters. The fraction of sp³-hybridized carbons (Fsp3) is 0.684. The quantitative estimate of drug-likeness (QED) is 0.736. The fourth-order valence-corrected chi connectivity index (χ4v) is 3.74. The molecule has 1 heterocycles. The molecule has 0 aromatic heterocycles. The monoisotopic (exact) mass is 318 g/mol. The normalized spacial score (nSPS) is 31.1. The van der Waals surface area contributed by atoms with Gasteiger partial charge in [0.05, 0.1) is 11.2 Å². The molecule has 4 heteroatoms. The van der Waals surface area contributed by atoms with E-state index in [1.54, 1.807) is 0 Å². The summed E-state index contributed by atoms with van der Waals surface area (Å²) in [5.41, 5.74) is 0.476. The van der Waals surface area contributed by atoms with Crippen LogP contribution in [0.3, 0.4) is 0 Å². The van der Waals surface area contributed by atoms with Crippen LogP contribution in [0.15, 0.2) is 30.3 Å². The first-order chi connectivity index (χ1) is 10.8. The van der Waals surface area contributed by atoms with Gasteiger partial charge in [-0.2, -0.15) is 0 Å². The third kappa shape index (κ3) is 3.34. The maximum Gasteiger partial charge on any atom is 0.494 e. The fourth-order valence-electron chi connectivity index (χ4n) is 3.74. The standard InChI is InChI=1S/C19H28BFO2/c1-18(2)19(3,4)23-20(22-18)17(21)16-12-10-15(11-13-16)14-8-6-5-7-9-14/h5-9,15-17H,10-13H2,1-4H3. The summed E-state index contributed by atoms with van der Waals surface area (Å²) in [6.45, 7) is 7.91. The van der Waals surface area contributed by atoms with Gasteiger partial charge in [-0.25, -0.2) is 0 Å². The molecule has 1 aliphatic carbocycles. The summed E-state index contributed by atoms with van der Waals surface area (Å²) < 4.78 is 26.7. The van der Waals surface area contributed by atoms with E-state index in [9.17, 15) is 4.39 Å². The maximum absolute atomic E-state index is 15.0. The Bertz CT molecular complexity index is 507. The molecule has 1 aromatic rings. The molecule has 0 amide bonds. The molecule has 1 aromatic carbocycles. The molecule has 126 valence electrons. The van der Waals surface area contributed by atoms with E-state index < -0.39 is 24.4 Å². The van der Waals surface area contributed by atoms with Crippen molar-refractivity contribution in [3.8, 4) is 0 Å². The zero-order chi connectivity index (χ0) is 16.7. The first-order valence-corrected chi connectivity index (χ1v) is 8.85. The molecular weight excluding hydrogens is 290 g/mol. The van der Waals surface area contributed by atoms with Crippen LogP contribution in [0, 0.1) is 5.92 Å². The predicted molar refractivity (Wildman–Crippen MR) is 92.1 cm³/mol. The highest BCUT2D eigenvalue weighted by Gasteiger charge is 2.55. The second kappa shape index (κ2) is 6.21. The van der Waals surface area contributed by atoms with Crippen LogP contribution in [-0.2, 0) is 9.31 Å². The zero-order valence-corrected chi connectivity index (χ0v) is 14.7. The summed E-state index contributed by atoms with van der Waals surface area (Å²) in [6.07, 6.45) is 2.88. The lowest BCUT2D eigenvalue weighted by Gasteiger charge is -2.32. The van der Waals surface area contributed by atoms with E-state index in [-0.39, 0.29) is 5.92 Å². The SMILES string of the molecule is CC1(C)OB(C(F)C2CCC(c3ccccc3)CC2)OC1(C)C. The number of rotatable bonds is 3. The third-order valence-electron chi connectivity index (χ3n) is 6.02. The Balaban J connectivity index is 1.58. The summed E-state index contributed by atoms with van der Waals surface area (Å²) in [4.78, 5) is 0. The van der Waals surface area contributed by atoms with E-state index in [0.717, 1.165) is 25.7 Å². The van der Waals surface area contributed by atoms with Gasteiger partial charge in [-0.3, -0.25) is 4.39 Å². The zero-order valence-electron chi connectivity index (χ0n) is 14.7. The van der Waals surface area contributed by atoms with Crippen molar-refractivity contribution in [1.82, 2.24) is 0 Å². The first kappa shape index (κ1) is 17.0. The average Bonchev–Trinajstić information content (AvgIpc) is 2.76. The van der Waals surface area contributed by atoms with Gasteiger partial charge in [-0.15, -0.1) is 0 Å². The Labute approximate surface area is 139 Å². The Hall–Kier alpha value is -0.865. The van der Waals surface area contributed by atoms with Gasteiger partial charge >= 0.3 is 7.12 Å². The van der Waals surface area contributed by atoms with Crippen LogP contribution in [0.25, 0.3) is 0 Å². The molecule has 1 saturated heterocycles. The van der Waals surface area contributed by atoms with Gasteiger partial charge in [-0.05, 0) is 70.8 Å². The number of alkyl halides is 1. The largest absolute Gasteiger partial charge is 0.494 e. The number of benzene rings is 1. The molecule has 1 unspecified atom stereocenters. The minimum atomic E-state index is -1.03. The number of halogens is 1. The van der Waals surface area contributed by atoms with E-state index in [1.165, 1.54) is 5.56 Å². The molecule has 2 nitrogen and oxygen atoms in total. The van der Waals surface area contributed by atoms with E-state index >= 15 is 0 Å². The smallest absolute Gasteiger partial charge is 0.401 e. The summed E-state index contributed by atoms with van der Waals surface area (Å²) in [7, 11) is -0.724. The summed E-state index contributed by atoms with van der Waals surface area (Å²) in [5, 5.41) is 0. The minimum absolute atomic E-state index is 0.0460. The highest BCUT2D eigenvalue weighted by molar-refractivity contribution is 6.47. The Morgan fingerprint density at radius 1 is 0.957 bits per heavy atom. The molecule has 1 saturated carbocycles. The van der Waals surface area contributed by atoms with Crippen LogP contribution >= 0.6 is 0 Å². The van der Waals surface area contributed by atoms with Gasteiger partial charge in [0.25, 0.3) is 0 Å². The topological polar surface area (TPSA) is 18.5 Å². The second-order valence-electron chi connectivity index (χ2n) is 8.09. The number of hydrogen-bond donors (Lipinski definition) is 0. The second-order valence-corrected chi connectivity index (χ2v) is 8.09. The highest BCUT2D eigenvalue weighted by atomic mass is 19.1. The molecule has 0 bridgehead atoms. The Kier molecular flexibility index (Phi) is 4.59. The van der Waals surface area contributed by atoms with Gasteiger partial charge in [0.1, 0.15) is 6.07 Å². The predicted octanol–water partition coefficient (Wildman–Crippen LogP) is 4.93. The molecule has 23 heavy (non-hydrogen) atoms. The van der Waals surface area contributed by atoms with Crippen LogP contribution in [0.1, 0.15) is 64.9 Å². The lowest BCUT2D eigenvalue weighted by atomic mass is 9.67. The maximum atomic E-state index is 15.0. The van der Waals surface area contributed by atoms with Crippen molar-refractivity contribution in [2.24, 2.45) is 5.92 Å². The Morgan fingerprint density at radius 3 is 2.00 bits per heavy atom. The molecule has 0 radical (unpaired) electrons. The molecule has 2 fully saturated rings. The van der Waals surface area contributed by atoms with Crippen molar-refractivity contribution in [2.45, 2.75) is 76.6 Å².